The molecule has 0 aromatic carbocycles. The second-order valence-corrected chi connectivity index (χ2v) is 5.06. The van der Waals surface area contributed by atoms with Crippen molar-refractivity contribution in [2.45, 2.75) is 90.9 Å². The largest absolute Gasteiger partial charge is 1.00 e. The summed E-state index contributed by atoms with van der Waals surface area (Å²) in [6.07, 6.45) is 18.5. The van der Waals surface area contributed by atoms with Crippen molar-refractivity contribution < 1.29 is 20.3 Å². The molecule has 1 nitrogen and oxygen atoms in total. The fourth-order valence-electron chi connectivity index (χ4n) is 2.01. The fourth-order valence-corrected chi connectivity index (χ4v) is 2.01. The maximum absolute atomic E-state index is 4.47. The molecule has 104 valence electrons. The van der Waals surface area contributed by atoms with Crippen molar-refractivity contribution in [2.75, 3.05) is 6.54 Å². The molecule has 0 fully saturated rings. The molecule has 0 aromatic rings. The van der Waals surface area contributed by atoms with Crippen LogP contribution in [0.5, 0.6) is 0 Å². The minimum Gasteiger partial charge on any atom is -1.00 e. The Morgan fingerprint density at radius 3 is 1.83 bits per heavy atom. The van der Waals surface area contributed by atoms with Gasteiger partial charge in [-0.2, -0.15) is 0 Å². The third-order valence-corrected chi connectivity index (χ3v) is 3.21. The van der Waals surface area contributed by atoms with Crippen molar-refractivity contribution in [1.82, 2.24) is 0 Å². The minimum absolute atomic E-state index is 0. The zero-order chi connectivity index (χ0) is 12.6. The van der Waals surface area contributed by atoms with Crippen molar-refractivity contribution in [2.24, 2.45) is 4.99 Å². The van der Waals surface area contributed by atoms with Gasteiger partial charge in [0.15, 0.2) is 0 Å². The van der Waals surface area contributed by atoms with E-state index in [0.717, 1.165) is 6.54 Å². The quantitative estimate of drug-likeness (QED) is 0.270. The topological polar surface area (TPSA) is 12.4 Å². The van der Waals surface area contributed by atoms with Crippen LogP contribution in [0.4, 0.5) is 0 Å². The van der Waals surface area contributed by atoms with Gasteiger partial charge in [-0.25, -0.2) is 0 Å². The molecule has 0 aromatic heterocycles. The van der Waals surface area contributed by atoms with Gasteiger partial charge in [0.1, 0.15) is 0 Å². The van der Waals surface area contributed by atoms with Crippen LogP contribution in [0, 0.1) is 0 Å². The Hall–Kier alpha value is 0.267. The van der Waals surface area contributed by atoms with Crippen LogP contribution < -0.4 is 18.9 Å². The van der Waals surface area contributed by atoms with Crippen LogP contribution in [-0.2, 0) is 0 Å². The third kappa shape index (κ3) is 18.6. The summed E-state index contributed by atoms with van der Waals surface area (Å²) in [7, 11) is 0. The molecule has 0 N–H and O–H groups in total. The van der Waals surface area contributed by atoms with Crippen molar-refractivity contribution in [1.29, 1.82) is 0 Å². The van der Waals surface area contributed by atoms with Gasteiger partial charge in [0.2, 0.25) is 0 Å². The number of hydrogen-bond acceptors (Lipinski definition) is 1. The molecule has 0 rings (SSSR count). The molecule has 0 heterocycles. The van der Waals surface area contributed by atoms with Gasteiger partial charge in [-0.3, -0.25) is 4.99 Å². The Morgan fingerprint density at radius 1 is 0.722 bits per heavy atom. The Balaban J connectivity index is -0.00000128. The van der Waals surface area contributed by atoms with Gasteiger partial charge < -0.3 is 1.43 Å². The second kappa shape index (κ2) is 19.6. The summed E-state index contributed by atoms with van der Waals surface area (Å²) >= 11 is 0. The Bertz CT molecular complexity index is 163. The Labute approximate surface area is 129 Å². The van der Waals surface area contributed by atoms with E-state index in [1.54, 1.807) is 0 Å². The van der Waals surface area contributed by atoms with E-state index in [9.17, 15) is 0 Å². The van der Waals surface area contributed by atoms with E-state index in [1.807, 2.05) is 0 Å². The van der Waals surface area contributed by atoms with Gasteiger partial charge in [-0.1, -0.05) is 71.6 Å². The van der Waals surface area contributed by atoms with Crippen molar-refractivity contribution in [3.63, 3.8) is 0 Å². The SMILES string of the molecule is CCCCCCCCCC=NCCCCCC.[H-].[Li+]. The van der Waals surface area contributed by atoms with Crippen molar-refractivity contribution >= 4 is 6.21 Å². The van der Waals surface area contributed by atoms with Gasteiger partial charge in [0, 0.05) is 6.54 Å². The molecule has 0 unspecified atom stereocenters. The molecular weight excluding hydrogens is 213 g/mol. The molecule has 0 aliphatic heterocycles. The van der Waals surface area contributed by atoms with Crippen LogP contribution in [0.15, 0.2) is 4.99 Å². The third-order valence-electron chi connectivity index (χ3n) is 3.21. The maximum atomic E-state index is 4.47. The van der Waals surface area contributed by atoms with Gasteiger partial charge in [0.25, 0.3) is 0 Å². The molecule has 0 saturated heterocycles. The molecule has 0 aliphatic rings. The monoisotopic (exact) mass is 247 g/mol. The van der Waals surface area contributed by atoms with E-state index in [1.165, 1.54) is 77.0 Å². The molecule has 0 spiro atoms. The van der Waals surface area contributed by atoms with Crippen LogP contribution in [-0.4, -0.2) is 12.8 Å². The predicted octanol–water partition coefficient (Wildman–Crippen LogP) is 2.89. The normalized spacial score (nSPS) is 10.8. The first-order valence-electron chi connectivity index (χ1n) is 7.90. The zero-order valence-corrected chi connectivity index (χ0v) is 13.2. The first-order valence-corrected chi connectivity index (χ1v) is 7.90. The number of unbranched alkanes of at least 4 members (excludes halogenated alkanes) is 10. The zero-order valence-electron chi connectivity index (χ0n) is 14.2. The van der Waals surface area contributed by atoms with E-state index >= 15 is 0 Å². The average molecular weight is 247 g/mol. The summed E-state index contributed by atoms with van der Waals surface area (Å²) < 4.78 is 0. The summed E-state index contributed by atoms with van der Waals surface area (Å²) in [5.74, 6) is 0. The van der Waals surface area contributed by atoms with E-state index in [-0.39, 0.29) is 20.3 Å². The number of aliphatic imine (C=N–C) groups is 1. The van der Waals surface area contributed by atoms with Gasteiger partial charge in [-0.05, 0) is 25.5 Å². The molecule has 0 atom stereocenters. The maximum Gasteiger partial charge on any atom is 1.00 e. The van der Waals surface area contributed by atoms with E-state index < -0.39 is 0 Å². The average Bonchev–Trinajstić information content (AvgIpc) is 2.35. The van der Waals surface area contributed by atoms with E-state index in [2.05, 4.69) is 25.1 Å². The number of rotatable bonds is 13. The standard InChI is InChI=1S/C16H33N.Li.H/c1-3-5-7-9-10-11-12-14-16-17-15-13-8-6-4-2;;/h16H,3-15H2,1-2H3;;/q;+1;-1. The van der Waals surface area contributed by atoms with E-state index in [0.29, 0.717) is 0 Å². The Morgan fingerprint density at radius 2 is 1.22 bits per heavy atom. The smallest absolute Gasteiger partial charge is 1.00 e. The molecule has 18 heavy (non-hydrogen) atoms. The van der Waals surface area contributed by atoms with Gasteiger partial charge in [-0.15, -0.1) is 0 Å². The first kappa shape index (κ1) is 20.6. The Kier molecular flexibility index (Phi) is 22.4. The first-order chi connectivity index (χ1) is 8.41. The molecule has 0 bridgehead atoms. The van der Waals surface area contributed by atoms with Crippen LogP contribution in [0.1, 0.15) is 92.3 Å². The van der Waals surface area contributed by atoms with Crippen LogP contribution in [0.25, 0.3) is 0 Å². The predicted molar refractivity (Wildman–Crippen MR) is 81.2 cm³/mol. The summed E-state index contributed by atoms with van der Waals surface area (Å²) in [5.41, 5.74) is 0. The fraction of sp³-hybridized carbons (Fsp3) is 0.938. The second-order valence-electron chi connectivity index (χ2n) is 5.06. The molecular formula is C16H34LiN. The van der Waals surface area contributed by atoms with Crippen molar-refractivity contribution in [3.05, 3.63) is 0 Å². The van der Waals surface area contributed by atoms with E-state index in [4.69, 9.17) is 0 Å². The van der Waals surface area contributed by atoms with Crippen LogP contribution in [0.3, 0.4) is 0 Å². The summed E-state index contributed by atoms with van der Waals surface area (Å²) in [5, 5.41) is 0. The minimum atomic E-state index is 0. The summed E-state index contributed by atoms with van der Waals surface area (Å²) in [6.45, 7) is 5.58. The van der Waals surface area contributed by atoms with Gasteiger partial charge >= 0.3 is 18.9 Å². The molecule has 0 amide bonds. The van der Waals surface area contributed by atoms with Gasteiger partial charge in [0.05, 0.1) is 0 Å². The van der Waals surface area contributed by atoms with Crippen LogP contribution in [0.2, 0.25) is 0 Å². The number of nitrogens with zero attached hydrogens (tertiary/aromatic N) is 1. The summed E-state index contributed by atoms with van der Waals surface area (Å²) in [4.78, 5) is 4.47. The molecule has 0 radical (unpaired) electrons. The van der Waals surface area contributed by atoms with Crippen molar-refractivity contribution in [3.8, 4) is 0 Å². The van der Waals surface area contributed by atoms with Crippen LogP contribution >= 0.6 is 0 Å². The number of hydrogen-bond donors (Lipinski definition) is 0. The molecule has 2 heteroatoms. The molecule has 0 aliphatic carbocycles. The molecule has 0 saturated carbocycles. The summed E-state index contributed by atoms with van der Waals surface area (Å²) in [6, 6.07) is 0.